The van der Waals surface area contributed by atoms with Crippen molar-refractivity contribution < 1.29 is 26.3 Å². The monoisotopic (exact) mass is 437 g/mol. The minimum atomic E-state index is -3.37. The standard InChI is InChI=1S/C21H18F3NO4S/c1-3-30(27,28)12-13-4-6-19(29-20-7-5-14(22)9-18(20)24)15(8-13)16-11-25(2)21(26)10-17(16)23/h4-11H,3,12H2,1-2H3. The summed E-state index contributed by atoms with van der Waals surface area (Å²) in [5.74, 6) is -3.24. The summed E-state index contributed by atoms with van der Waals surface area (Å²) in [5.41, 5.74) is -0.124. The van der Waals surface area contributed by atoms with Crippen LogP contribution in [0.25, 0.3) is 11.1 Å². The van der Waals surface area contributed by atoms with Crippen LogP contribution in [0.2, 0.25) is 0 Å². The summed E-state index contributed by atoms with van der Waals surface area (Å²) in [6, 6.07) is 7.77. The molecule has 158 valence electrons. The number of pyridine rings is 1. The highest BCUT2D eigenvalue weighted by molar-refractivity contribution is 7.90. The van der Waals surface area contributed by atoms with Gasteiger partial charge in [0.15, 0.2) is 21.4 Å². The van der Waals surface area contributed by atoms with Gasteiger partial charge in [-0.25, -0.2) is 21.6 Å². The zero-order chi connectivity index (χ0) is 22.1. The number of benzene rings is 2. The molecule has 2 aromatic carbocycles. The summed E-state index contributed by atoms with van der Waals surface area (Å²) < 4.78 is 72.5. The van der Waals surface area contributed by atoms with Crippen LogP contribution in [0.4, 0.5) is 13.2 Å². The van der Waals surface area contributed by atoms with E-state index in [9.17, 15) is 26.4 Å². The lowest BCUT2D eigenvalue weighted by atomic mass is 10.0. The molecule has 30 heavy (non-hydrogen) atoms. The van der Waals surface area contributed by atoms with E-state index in [4.69, 9.17) is 4.74 Å². The third-order valence-electron chi connectivity index (χ3n) is 4.45. The number of hydrogen-bond acceptors (Lipinski definition) is 4. The molecule has 0 saturated heterocycles. The average molecular weight is 437 g/mol. The molecule has 0 unspecified atom stereocenters. The fourth-order valence-corrected chi connectivity index (χ4v) is 3.70. The molecule has 0 fully saturated rings. The maximum Gasteiger partial charge on any atom is 0.253 e. The first kappa shape index (κ1) is 21.6. The summed E-state index contributed by atoms with van der Waals surface area (Å²) in [5, 5.41) is 0. The van der Waals surface area contributed by atoms with Gasteiger partial charge in [0.25, 0.3) is 5.56 Å². The Labute approximate surface area is 171 Å². The Morgan fingerprint density at radius 2 is 1.63 bits per heavy atom. The van der Waals surface area contributed by atoms with Gasteiger partial charge in [0.2, 0.25) is 0 Å². The van der Waals surface area contributed by atoms with Crippen molar-refractivity contribution in [2.75, 3.05) is 5.75 Å². The fourth-order valence-electron chi connectivity index (χ4n) is 2.80. The van der Waals surface area contributed by atoms with Crippen LogP contribution in [0, 0.1) is 17.5 Å². The molecule has 0 N–H and O–H groups in total. The Morgan fingerprint density at radius 3 is 2.30 bits per heavy atom. The van der Waals surface area contributed by atoms with E-state index in [-0.39, 0.29) is 34.1 Å². The van der Waals surface area contributed by atoms with Crippen molar-refractivity contribution in [1.82, 2.24) is 4.57 Å². The smallest absolute Gasteiger partial charge is 0.253 e. The van der Waals surface area contributed by atoms with Gasteiger partial charge in [0.1, 0.15) is 17.4 Å². The van der Waals surface area contributed by atoms with E-state index in [2.05, 4.69) is 0 Å². The van der Waals surface area contributed by atoms with Crippen molar-refractivity contribution in [2.24, 2.45) is 7.05 Å². The quantitative estimate of drug-likeness (QED) is 0.580. The predicted octanol–water partition coefficient (Wildman–Crippen LogP) is 4.20. The number of rotatable bonds is 6. The van der Waals surface area contributed by atoms with Crippen molar-refractivity contribution in [1.29, 1.82) is 0 Å². The summed E-state index contributed by atoms with van der Waals surface area (Å²) in [7, 11) is -1.94. The fraction of sp³-hybridized carbons (Fsp3) is 0.190. The van der Waals surface area contributed by atoms with Gasteiger partial charge in [-0.2, -0.15) is 0 Å². The predicted molar refractivity (Wildman–Crippen MR) is 107 cm³/mol. The van der Waals surface area contributed by atoms with Gasteiger partial charge in [0, 0.05) is 42.3 Å². The molecule has 0 atom stereocenters. The van der Waals surface area contributed by atoms with Gasteiger partial charge in [0.05, 0.1) is 5.75 Å². The van der Waals surface area contributed by atoms with Gasteiger partial charge in [-0.05, 0) is 29.8 Å². The third kappa shape index (κ3) is 4.73. The first-order chi connectivity index (χ1) is 14.1. The topological polar surface area (TPSA) is 65.4 Å². The molecule has 9 heteroatoms. The van der Waals surface area contributed by atoms with Crippen LogP contribution in [0.3, 0.4) is 0 Å². The van der Waals surface area contributed by atoms with Gasteiger partial charge >= 0.3 is 0 Å². The lowest BCUT2D eigenvalue weighted by Gasteiger charge is -2.15. The first-order valence-electron chi connectivity index (χ1n) is 8.92. The van der Waals surface area contributed by atoms with Crippen LogP contribution in [-0.4, -0.2) is 18.7 Å². The van der Waals surface area contributed by atoms with Crippen LogP contribution in [0.5, 0.6) is 11.5 Å². The number of sulfone groups is 1. The maximum atomic E-state index is 14.6. The lowest BCUT2D eigenvalue weighted by Crippen LogP contribution is -2.16. The van der Waals surface area contributed by atoms with Crippen LogP contribution >= 0.6 is 0 Å². The summed E-state index contributed by atoms with van der Waals surface area (Å²) in [6.07, 6.45) is 1.24. The van der Waals surface area contributed by atoms with Crippen molar-refractivity contribution in [2.45, 2.75) is 12.7 Å². The van der Waals surface area contributed by atoms with E-state index < -0.39 is 32.8 Å². The number of ether oxygens (including phenoxy) is 1. The van der Waals surface area contributed by atoms with Crippen molar-refractivity contribution >= 4 is 9.84 Å². The van der Waals surface area contributed by atoms with E-state index in [0.717, 1.165) is 22.8 Å². The van der Waals surface area contributed by atoms with E-state index >= 15 is 0 Å². The van der Waals surface area contributed by atoms with Gasteiger partial charge < -0.3 is 9.30 Å². The third-order valence-corrected chi connectivity index (χ3v) is 6.11. The van der Waals surface area contributed by atoms with Gasteiger partial charge in [-0.15, -0.1) is 0 Å². The Balaban J connectivity index is 2.16. The Morgan fingerprint density at radius 1 is 0.933 bits per heavy atom. The second-order valence-electron chi connectivity index (χ2n) is 6.67. The van der Waals surface area contributed by atoms with Crippen molar-refractivity contribution in [3.05, 3.63) is 82.0 Å². The number of hydrogen-bond donors (Lipinski definition) is 0. The molecule has 0 spiro atoms. The Bertz CT molecular complexity index is 1270. The molecular formula is C21H18F3NO4S. The molecule has 3 aromatic rings. The summed E-state index contributed by atoms with van der Waals surface area (Å²) in [6.45, 7) is 1.51. The van der Waals surface area contributed by atoms with Crippen LogP contribution in [0.1, 0.15) is 12.5 Å². The minimum Gasteiger partial charge on any atom is -0.454 e. The number of nitrogens with zero attached hydrogens (tertiary/aromatic N) is 1. The van der Waals surface area contributed by atoms with E-state index in [1.165, 1.54) is 38.4 Å². The number of halogens is 3. The molecule has 5 nitrogen and oxygen atoms in total. The summed E-state index contributed by atoms with van der Waals surface area (Å²) >= 11 is 0. The molecule has 0 aliphatic rings. The second kappa shape index (κ2) is 8.35. The Kier molecular flexibility index (Phi) is 6.02. The zero-order valence-electron chi connectivity index (χ0n) is 16.2. The lowest BCUT2D eigenvalue weighted by molar-refractivity contribution is 0.438. The molecule has 0 bridgehead atoms. The molecule has 0 radical (unpaired) electrons. The van der Waals surface area contributed by atoms with Crippen LogP contribution in [0.15, 0.2) is 53.5 Å². The Hall–Kier alpha value is -3.07. The number of aryl methyl sites for hydroxylation is 1. The van der Waals surface area contributed by atoms with Crippen molar-refractivity contribution in [3.8, 4) is 22.6 Å². The largest absolute Gasteiger partial charge is 0.454 e. The maximum absolute atomic E-state index is 14.6. The van der Waals surface area contributed by atoms with E-state index in [1.54, 1.807) is 0 Å². The first-order valence-corrected chi connectivity index (χ1v) is 10.7. The van der Waals surface area contributed by atoms with Crippen molar-refractivity contribution in [3.63, 3.8) is 0 Å². The second-order valence-corrected chi connectivity index (χ2v) is 9.02. The van der Waals surface area contributed by atoms with Gasteiger partial charge in [-0.3, -0.25) is 4.79 Å². The van der Waals surface area contributed by atoms with E-state index in [0.29, 0.717) is 11.6 Å². The molecule has 3 rings (SSSR count). The van der Waals surface area contributed by atoms with Crippen LogP contribution in [-0.2, 0) is 22.6 Å². The molecule has 0 aliphatic carbocycles. The number of aromatic nitrogens is 1. The van der Waals surface area contributed by atoms with Crippen LogP contribution < -0.4 is 10.3 Å². The normalized spacial score (nSPS) is 11.5. The SMILES string of the molecule is CCS(=O)(=O)Cc1ccc(Oc2ccc(F)cc2F)c(-c2cn(C)c(=O)cc2F)c1. The molecule has 0 saturated carbocycles. The van der Waals surface area contributed by atoms with E-state index in [1.807, 2.05) is 0 Å². The highest BCUT2D eigenvalue weighted by atomic mass is 32.2. The zero-order valence-corrected chi connectivity index (χ0v) is 17.0. The molecule has 1 heterocycles. The molecule has 0 aliphatic heterocycles. The minimum absolute atomic E-state index is 0.00991. The highest BCUT2D eigenvalue weighted by Crippen LogP contribution is 2.36. The summed E-state index contributed by atoms with van der Waals surface area (Å²) in [4.78, 5) is 11.7. The highest BCUT2D eigenvalue weighted by Gasteiger charge is 2.18. The molecule has 0 amide bonds. The average Bonchev–Trinajstić information content (AvgIpc) is 2.68. The molecular weight excluding hydrogens is 419 g/mol. The molecule has 1 aromatic heterocycles. The van der Waals surface area contributed by atoms with Gasteiger partial charge in [-0.1, -0.05) is 13.0 Å².